The highest BCUT2D eigenvalue weighted by Gasteiger charge is 2.23. The molecule has 9 heteroatoms. The van der Waals surface area contributed by atoms with E-state index in [0.29, 0.717) is 22.3 Å². The van der Waals surface area contributed by atoms with Crippen molar-refractivity contribution in [3.63, 3.8) is 0 Å². The number of anilines is 1. The second-order valence-corrected chi connectivity index (χ2v) is 7.68. The minimum absolute atomic E-state index is 0.162. The molecule has 1 aliphatic carbocycles. The molecule has 0 radical (unpaired) electrons. The van der Waals surface area contributed by atoms with Crippen LogP contribution in [-0.4, -0.2) is 37.2 Å². The van der Waals surface area contributed by atoms with E-state index in [0.717, 1.165) is 18.5 Å². The van der Waals surface area contributed by atoms with Gasteiger partial charge in [0, 0.05) is 17.3 Å². The Kier molecular flexibility index (Phi) is 4.98. The first kappa shape index (κ1) is 19.7. The fourth-order valence-corrected chi connectivity index (χ4v) is 3.41. The third kappa shape index (κ3) is 4.00. The first-order chi connectivity index (χ1) is 15.6. The van der Waals surface area contributed by atoms with Crippen molar-refractivity contribution < 1.29 is 9.59 Å². The van der Waals surface area contributed by atoms with Crippen molar-refractivity contribution in [3.05, 3.63) is 83.0 Å². The SMILES string of the molecule is O=C(Cn1cnc2c(cnn2-c2ccccc2)c1=O)Nc1cccc(C(=O)NC2CC2)c1. The van der Waals surface area contributed by atoms with Gasteiger partial charge in [-0.15, -0.1) is 0 Å². The highest BCUT2D eigenvalue weighted by molar-refractivity contribution is 5.97. The minimum Gasteiger partial charge on any atom is -0.349 e. The van der Waals surface area contributed by atoms with Gasteiger partial charge in [0.1, 0.15) is 18.3 Å². The summed E-state index contributed by atoms with van der Waals surface area (Å²) in [4.78, 5) is 41.9. The van der Waals surface area contributed by atoms with E-state index in [1.807, 2.05) is 30.3 Å². The van der Waals surface area contributed by atoms with Crippen LogP contribution in [0.25, 0.3) is 16.7 Å². The predicted octanol–water partition coefficient (Wildman–Crippen LogP) is 2.11. The van der Waals surface area contributed by atoms with Crippen LogP contribution in [0.2, 0.25) is 0 Å². The number of para-hydroxylation sites is 1. The minimum atomic E-state index is -0.400. The Morgan fingerprint density at radius 2 is 1.88 bits per heavy atom. The van der Waals surface area contributed by atoms with Gasteiger partial charge in [0.05, 0.1) is 11.9 Å². The van der Waals surface area contributed by atoms with E-state index in [1.54, 1.807) is 28.9 Å². The molecule has 0 bridgehead atoms. The summed E-state index contributed by atoms with van der Waals surface area (Å²) in [5, 5.41) is 10.2. The molecule has 9 nitrogen and oxygen atoms in total. The van der Waals surface area contributed by atoms with E-state index in [9.17, 15) is 14.4 Å². The summed E-state index contributed by atoms with van der Waals surface area (Å²) in [5.41, 5.74) is 1.81. The van der Waals surface area contributed by atoms with E-state index >= 15 is 0 Å². The van der Waals surface area contributed by atoms with E-state index in [2.05, 4.69) is 20.7 Å². The monoisotopic (exact) mass is 428 g/mol. The van der Waals surface area contributed by atoms with Crippen LogP contribution in [-0.2, 0) is 11.3 Å². The topological polar surface area (TPSA) is 111 Å². The van der Waals surface area contributed by atoms with Crippen molar-refractivity contribution in [2.24, 2.45) is 0 Å². The summed E-state index contributed by atoms with van der Waals surface area (Å²) in [6, 6.07) is 16.3. The Hall–Kier alpha value is -4.27. The van der Waals surface area contributed by atoms with Crippen molar-refractivity contribution in [2.75, 3.05) is 5.32 Å². The van der Waals surface area contributed by atoms with Gasteiger partial charge in [-0.1, -0.05) is 24.3 Å². The smallest absolute Gasteiger partial charge is 0.264 e. The lowest BCUT2D eigenvalue weighted by Crippen LogP contribution is -2.28. The number of nitrogens with one attached hydrogen (secondary N) is 2. The van der Waals surface area contributed by atoms with Gasteiger partial charge in [-0.2, -0.15) is 5.10 Å². The van der Waals surface area contributed by atoms with Crippen LogP contribution in [0.5, 0.6) is 0 Å². The van der Waals surface area contributed by atoms with E-state index in [-0.39, 0.29) is 24.1 Å². The van der Waals surface area contributed by atoms with Crippen molar-refractivity contribution >= 4 is 28.5 Å². The number of amides is 2. The van der Waals surface area contributed by atoms with E-state index in [1.165, 1.54) is 17.1 Å². The highest BCUT2D eigenvalue weighted by Crippen LogP contribution is 2.20. The maximum absolute atomic E-state index is 12.8. The number of rotatable bonds is 6. The zero-order valence-corrected chi connectivity index (χ0v) is 17.1. The molecule has 0 aliphatic heterocycles. The number of hydrogen-bond donors (Lipinski definition) is 2. The second kappa shape index (κ2) is 8.10. The Morgan fingerprint density at radius 3 is 2.66 bits per heavy atom. The first-order valence-corrected chi connectivity index (χ1v) is 10.3. The quantitative estimate of drug-likeness (QED) is 0.489. The Morgan fingerprint density at radius 1 is 1.06 bits per heavy atom. The summed E-state index contributed by atoms with van der Waals surface area (Å²) in [6.45, 7) is -0.212. The first-order valence-electron chi connectivity index (χ1n) is 10.3. The molecule has 2 aromatic heterocycles. The molecule has 2 amide bonds. The lowest BCUT2D eigenvalue weighted by molar-refractivity contribution is -0.116. The van der Waals surface area contributed by atoms with Crippen molar-refractivity contribution in [2.45, 2.75) is 25.4 Å². The van der Waals surface area contributed by atoms with Gasteiger partial charge in [-0.05, 0) is 43.2 Å². The van der Waals surface area contributed by atoms with Gasteiger partial charge in [-0.25, -0.2) is 9.67 Å². The van der Waals surface area contributed by atoms with Crippen LogP contribution < -0.4 is 16.2 Å². The zero-order chi connectivity index (χ0) is 22.1. The Labute approximate surface area is 182 Å². The third-order valence-corrected chi connectivity index (χ3v) is 5.19. The van der Waals surface area contributed by atoms with Gasteiger partial charge in [0.15, 0.2) is 5.65 Å². The molecule has 1 aliphatic rings. The summed E-state index contributed by atoms with van der Waals surface area (Å²) >= 11 is 0. The summed E-state index contributed by atoms with van der Waals surface area (Å²) in [7, 11) is 0. The number of carbonyl (C=O) groups excluding carboxylic acids is 2. The molecule has 2 heterocycles. The maximum atomic E-state index is 12.8. The maximum Gasteiger partial charge on any atom is 0.264 e. The molecule has 0 spiro atoms. The second-order valence-electron chi connectivity index (χ2n) is 7.68. The molecule has 32 heavy (non-hydrogen) atoms. The van der Waals surface area contributed by atoms with Crippen LogP contribution in [0.3, 0.4) is 0 Å². The summed E-state index contributed by atoms with van der Waals surface area (Å²) in [6.07, 6.45) is 4.79. The Bertz CT molecular complexity index is 1370. The van der Waals surface area contributed by atoms with Crippen molar-refractivity contribution in [1.29, 1.82) is 0 Å². The standard InChI is InChI=1S/C23H20N6O3/c30-20(26-17-6-4-5-15(11-17)22(31)27-16-9-10-16)13-28-14-24-21-19(23(28)32)12-25-29(21)18-7-2-1-3-8-18/h1-8,11-12,14,16H,9-10,13H2,(H,26,30)(H,27,31). The number of benzene rings is 2. The molecule has 160 valence electrons. The normalized spacial score (nSPS) is 13.1. The van der Waals surface area contributed by atoms with Crippen LogP contribution in [0, 0.1) is 0 Å². The van der Waals surface area contributed by atoms with E-state index < -0.39 is 5.91 Å². The zero-order valence-electron chi connectivity index (χ0n) is 17.1. The van der Waals surface area contributed by atoms with E-state index in [4.69, 9.17) is 0 Å². The molecule has 1 saturated carbocycles. The Balaban J connectivity index is 1.32. The average molecular weight is 428 g/mol. The largest absolute Gasteiger partial charge is 0.349 e. The lowest BCUT2D eigenvalue weighted by Gasteiger charge is -2.09. The van der Waals surface area contributed by atoms with Gasteiger partial charge < -0.3 is 10.6 Å². The molecule has 5 rings (SSSR count). The van der Waals surface area contributed by atoms with Gasteiger partial charge >= 0.3 is 0 Å². The number of hydrogen-bond acceptors (Lipinski definition) is 5. The number of carbonyl (C=O) groups is 2. The molecule has 0 unspecified atom stereocenters. The number of nitrogens with zero attached hydrogens (tertiary/aromatic N) is 4. The molecule has 4 aromatic rings. The number of fused-ring (bicyclic) bond motifs is 1. The summed E-state index contributed by atoms with van der Waals surface area (Å²) < 4.78 is 2.82. The average Bonchev–Trinajstić information content (AvgIpc) is 3.51. The fourth-order valence-electron chi connectivity index (χ4n) is 3.41. The van der Waals surface area contributed by atoms with Gasteiger partial charge in [0.2, 0.25) is 5.91 Å². The molecule has 2 aromatic carbocycles. The summed E-state index contributed by atoms with van der Waals surface area (Å²) in [5.74, 6) is -0.562. The van der Waals surface area contributed by atoms with Gasteiger partial charge in [-0.3, -0.25) is 19.0 Å². The highest BCUT2D eigenvalue weighted by atomic mass is 16.2. The molecular weight excluding hydrogens is 408 g/mol. The van der Waals surface area contributed by atoms with Crippen LogP contribution in [0.1, 0.15) is 23.2 Å². The molecule has 1 fully saturated rings. The predicted molar refractivity (Wildman–Crippen MR) is 119 cm³/mol. The molecule has 0 saturated heterocycles. The molecule has 0 atom stereocenters. The lowest BCUT2D eigenvalue weighted by atomic mass is 10.2. The van der Waals surface area contributed by atoms with Crippen LogP contribution >= 0.6 is 0 Å². The molecular formula is C23H20N6O3. The van der Waals surface area contributed by atoms with Crippen LogP contribution in [0.15, 0.2) is 71.9 Å². The van der Waals surface area contributed by atoms with Crippen molar-refractivity contribution in [3.8, 4) is 5.69 Å². The van der Waals surface area contributed by atoms with Crippen molar-refractivity contribution in [1.82, 2.24) is 24.6 Å². The molecule has 2 N–H and O–H groups in total. The van der Waals surface area contributed by atoms with Crippen LogP contribution in [0.4, 0.5) is 5.69 Å². The van der Waals surface area contributed by atoms with Gasteiger partial charge in [0.25, 0.3) is 11.5 Å². The third-order valence-electron chi connectivity index (χ3n) is 5.19. The fraction of sp³-hybridized carbons (Fsp3) is 0.174. The number of aromatic nitrogens is 4.